The van der Waals surface area contributed by atoms with E-state index in [0.717, 1.165) is 38.5 Å². The molecule has 76 valence electrons. The number of carboxylic acid groups (broad SMARTS) is 1. The van der Waals surface area contributed by atoms with Gasteiger partial charge in [0.1, 0.15) is 0 Å². The molecule has 0 saturated heterocycles. The van der Waals surface area contributed by atoms with Crippen molar-refractivity contribution in [2.24, 2.45) is 5.92 Å². The Balaban J connectivity index is 3.66. The zero-order chi connectivity index (χ0) is 10.1. The number of rotatable bonds is 8. The van der Waals surface area contributed by atoms with Crippen molar-refractivity contribution < 1.29 is 9.90 Å². The fraction of sp³-hybridized carbons (Fsp3) is 0.727. The minimum absolute atomic E-state index is 0.162. The van der Waals surface area contributed by atoms with Crippen molar-refractivity contribution in [3.8, 4) is 0 Å². The van der Waals surface area contributed by atoms with E-state index in [4.69, 9.17) is 5.11 Å². The topological polar surface area (TPSA) is 37.3 Å². The number of allylic oxidation sites excluding steroid dienone is 1. The molecule has 0 fully saturated rings. The minimum Gasteiger partial charge on any atom is -0.481 e. The molecule has 0 aliphatic heterocycles. The summed E-state index contributed by atoms with van der Waals surface area (Å²) in [5.41, 5.74) is 0. The van der Waals surface area contributed by atoms with Gasteiger partial charge in [-0.25, -0.2) is 0 Å². The minimum atomic E-state index is -0.655. The van der Waals surface area contributed by atoms with Crippen LogP contribution in [-0.2, 0) is 4.79 Å². The van der Waals surface area contributed by atoms with E-state index in [9.17, 15) is 4.79 Å². The molecule has 1 atom stereocenters. The number of aliphatic carboxylic acids is 1. The third-order valence-corrected chi connectivity index (χ3v) is 2.22. The van der Waals surface area contributed by atoms with Crippen LogP contribution in [0.5, 0.6) is 0 Å². The molecule has 2 nitrogen and oxygen atoms in total. The van der Waals surface area contributed by atoms with E-state index in [2.05, 4.69) is 13.5 Å². The van der Waals surface area contributed by atoms with Gasteiger partial charge in [0.15, 0.2) is 0 Å². The predicted molar refractivity (Wildman–Crippen MR) is 54.7 cm³/mol. The summed E-state index contributed by atoms with van der Waals surface area (Å²) in [6.45, 7) is 5.72. The fourth-order valence-corrected chi connectivity index (χ4v) is 1.35. The third kappa shape index (κ3) is 6.38. The van der Waals surface area contributed by atoms with Gasteiger partial charge in [-0.1, -0.05) is 32.3 Å². The van der Waals surface area contributed by atoms with Crippen LogP contribution in [0.2, 0.25) is 0 Å². The summed E-state index contributed by atoms with van der Waals surface area (Å²) in [6, 6.07) is 0. The molecule has 0 amide bonds. The van der Waals surface area contributed by atoms with Crippen LogP contribution >= 0.6 is 0 Å². The number of carbonyl (C=O) groups is 1. The van der Waals surface area contributed by atoms with E-state index in [1.165, 1.54) is 0 Å². The van der Waals surface area contributed by atoms with Crippen LogP contribution in [0.15, 0.2) is 12.7 Å². The summed E-state index contributed by atoms with van der Waals surface area (Å²) < 4.78 is 0. The normalized spacial score (nSPS) is 12.4. The summed E-state index contributed by atoms with van der Waals surface area (Å²) in [6.07, 6.45) is 7.47. The van der Waals surface area contributed by atoms with Gasteiger partial charge in [0, 0.05) is 0 Å². The first-order valence-electron chi connectivity index (χ1n) is 5.06. The van der Waals surface area contributed by atoms with E-state index in [0.29, 0.717) is 0 Å². The Morgan fingerprint density at radius 2 is 2.15 bits per heavy atom. The lowest BCUT2D eigenvalue weighted by atomic mass is 9.96. The van der Waals surface area contributed by atoms with Crippen LogP contribution in [0.1, 0.15) is 45.4 Å². The maximum Gasteiger partial charge on any atom is 0.306 e. The van der Waals surface area contributed by atoms with Crippen LogP contribution in [0.25, 0.3) is 0 Å². The fourth-order valence-electron chi connectivity index (χ4n) is 1.35. The first-order valence-corrected chi connectivity index (χ1v) is 5.06. The van der Waals surface area contributed by atoms with Crippen molar-refractivity contribution in [2.75, 3.05) is 0 Å². The standard InChI is InChI=1S/C11H20O2/c1-3-5-7-9-10(11(12)13)8-6-4-2/h4,10H,2-3,5-9H2,1H3,(H,12,13). The number of hydrogen-bond donors (Lipinski definition) is 1. The lowest BCUT2D eigenvalue weighted by Gasteiger charge is -2.09. The van der Waals surface area contributed by atoms with Crippen molar-refractivity contribution >= 4 is 5.97 Å². The van der Waals surface area contributed by atoms with Gasteiger partial charge >= 0.3 is 5.97 Å². The average molecular weight is 184 g/mol. The molecule has 0 bridgehead atoms. The molecule has 0 aromatic carbocycles. The van der Waals surface area contributed by atoms with Crippen molar-refractivity contribution in [1.82, 2.24) is 0 Å². The first kappa shape index (κ1) is 12.2. The highest BCUT2D eigenvalue weighted by Gasteiger charge is 2.15. The average Bonchev–Trinajstić information content (AvgIpc) is 2.10. The predicted octanol–water partition coefficient (Wildman–Crippen LogP) is 3.23. The molecule has 2 heteroatoms. The second-order valence-corrected chi connectivity index (χ2v) is 3.40. The highest BCUT2D eigenvalue weighted by atomic mass is 16.4. The Morgan fingerprint density at radius 1 is 1.46 bits per heavy atom. The van der Waals surface area contributed by atoms with E-state index >= 15 is 0 Å². The molecule has 0 radical (unpaired) electrons. The maximum atomic E-state index is 10.8. The van der Waals surface area contributed by atoms with Crippen molar-refractivity contribution in [1.29, 1.82) is 0 Å². The zero-order valence-corrected chi connectivity index (χ0v) is 8.46. The Morgan fingerprint density at radius 3 is 2.62 bits per heavy atom. The lowest BCUT2D eigenvalue weighted by Crippen LogP contribution is -2.13. The van der Waals surface area contributed by atoms with E-state index in [1.54, 1.807) is 6.08 Å². The van der Waals surface area contributed by atoms with Crippen LogP contribution in [0.4, 0.5) is 0 Å². The van der Waals surface area contributed by atoms with Crippen molar-refractivity contribution in [2.45, 2.75) is 45.4 Å². The molecular weight excluding hydrogens is 164 g/mol. The summed E-state index contributed by atoms with van der Waals surface area (Å²) in [5, 5.41) is 8.86. The molecular formula is C11H20O2. The van der Waals surface area contributed by atoms with Crippen molar-refractivity contribution in [3.05, 3.63) is 12.7 Å². The van der Waals surface area contributed by atoms with Crippen molar-refractivity contribution in [3.63, 3.8) is 0 Å². The Bertz CT molecular complexity index is 152. The molecule has 0 aromatic heterocycles. The summed E-state index contributed by atoms with van der Waals surface area (Å²) in [4.78, 5) is 10.8. The molecule has 0 aliphatic carbocycles. The number of hydrogen-bond acceptors (Lipinski definition) is 1. The zero-order valence-electron chi connectivity index (χ0n) is 8.46. The van der Waals surface area contributed by atoms with Gasteiger partial charge < -0.3 is 5.11 Å². The molecule has 0 heterocycles. The first-order chi connectivity index (χ1) is 6.22. The molecule has 0 spiro atoms. The van der Waals surface area contributed by atoms with Crippen LogP contribution < -0.4 is 0 Å². The molecule has 0 rings (SSSR count). The van der Waals surface area contributed by atoms with Crippen LogP contribution in [0.3, 0.4) is 0 Å². The molecule has 13 heavy (non-hydrogen) atoms. The molecule has 1 unspecified atom stereocenters. The van der Waals surface area contributed by atoms with Gasteiger partial charge in [-0.05, 0) is 19.3 Å². The third-order valence-electron chi connectivity index (χ3n) is 2.22. The van der Waals surface area contributed by atoms with Crippen LogP contribution in [0, 0.1) is 5.92 Å². The van der Waals surface area contributed by atoms with Crippen LogP contribution in [-0.4, -0.2) is 11.1 Å². The van der Waals surface area contributed by atoms with Gasteiger partial charge in [0.2, 0.25) is 0 Å². The second kappa shape index (κ2) is 7.84. The maximum absolute atomic E-state index is 10.8. The summed E-state index contributed by atoms with van der Waals surface area (Å²) >= 11 is 0. The highest BCUT2D eigenvalue weighted by Crippen LogP contribution is 2.16. The Labute approximate surface area is 80.7 Å². The molecule has 0 aliphatic rings. The largest absolute Gasteiger partial charge is 0.481 e. The van der Waals surface area contributed by atoms with Gasteiger partial charge in [-0.3, -0.25) is 4.79 Å². The Kier molecular flexibility index (Phi) is 7.36. The number of carboxylic acids is 1. The Hall–Kier alpha value is -0.790. The lowest BCUT2D eigenvalue weighted by molar-refractivity contribution is -0.142. The smallest absolute Gasteiger partial charge is 0.306 e. The molecule has 0 aromatic rings. The van der Waals surface area contributed by atoms with Gasteiger partial charge in [-0.15, -0.1) is 6.58 Å². The molecule has 1 N–H and O–H groups in total. The van der Waals surface area contributed by atoms with Gasteiger partial charge in [0.05, 0.1) is 5.92 Å². The second-order valence-electron chi connectivity index (χ2n) is 3.40. The van der Waals surface area contributed by atoms with E-state index < -0.39 is 5.97 Å². The molecule has 0 saturated carbocycles. The monoisotopic (exact) mass is 184 g/mol. The SMILES string of the molecule is C=CCCC(CCCCC)C(=O)O. The summed E-state index contributed by atoms with van der Waals surface area (Å²) in [7, 11) is 0. The van der Waals surface area contributed by atoms with E-state index in [1.807, 2.05) is 0 Å². The number of unbranched alkanes of at least 4 members (excludes halogenated alkanes) is 2. The van der Waals surface area contributed by atoms with Gasteiger partial charge in [-0.2, -0.15) is 0 Å². The highest BCUT2D eigenvalue weighted by molar-refractivity contribution is 5.69. The van der Waals surface area contributed by atoms with Gasteiger partial charge in [0.25, 0.3) is 0 Å². The summed E-state index contributed by atoms with van der Waals surface area (Å²) in [5.74, 6) is -0.817. The quantitative estimate of drug-likeness (QED) is 0.464. The van der Waals surface area contributed by atoms with E-state index in [-0.39, 0.29) is 5.92 Å².